The monoisotopic (exact) mass is 348 g/mol. The van der Waals surface area contributed by atoms with Gasteiger partial charge in [0, 0.05) is 19.2 Å². The summed E-state index contributed by atoms with van der Waals surface area (Å²) in [5.41, 5.74) is 0.370. The van der Waals surface area contributed by atoms with E-state index in [0.29, 0.717) is 32.0 Å². The molecule has 0 aliphatic carbocycles. The summed E-state index contributed by atoms with van der Waals surface area (Å²) >= 11 is 5.44. The Labute approximate surface area is 134 Å². The molecule has 0 unspecified atom stereocenters. The second-order valence-corrected chi connectivity index (χ2v) is 6.77. The number of anilines is 1. The van der Waals surface area contributed by atoms with Crippen molar-refractivity contribution in [2.75, 3.05) is 44.6 Å². The maximum atomic E-state index is 12.6. The van der Waals surface area contributed by atoms with Gasteiger partial charge in [0.1, 0.15) is 11.6 Å². The van der Waals surface area contributed by atoms with Gasteiger partial charge in [0.2, 0.25) is 15.9 Å². The van der Waals surface area contributed by atoms with Crippen LogP contribution in [0.15, 0.2) is 23.1 Å². The molecule has 1 aromatic rings. The quantitative estimate of drug-likeness (QED) is 0.799. The van der Waals surface area contributed by atoms with E-state index in [1.165, 1.54) is 29.6 Å². The third kappa shape index (κ3) is 3.70. The van der Waals surface area contributed by atoms with Crippen molar-refractivity contribution in [1.82, 2.24) is 4.31 Å². The first-order chi connectivity index (χ1) is 10.5. The van der Waals surface area contributed by atoms with Crippen LogP contribution in [0, 0.1) is 0 Å². The van der Waals surface area contributed by atoms with Gasteiger partial charge < -0.3 is 14.8 Å². The number of hydrogen-bond acceptors (Lipinski definition) is 5. The van der Waals surface area contributed by atoms with Crippen molar-refractivity contribution < 1.29 is 22.7 Å². The molecular formula is C13H17ClN2O5S. The number of carbonyl (C=O) groups is 1. The number of nitrogens with zero attached hydrogens (tertiary/aromatic N) is 1. The fraction of sp³-hybridized carbons (Fsp3) is 0.462. The van der Waals surface area contributed by atoms with Crippen LogP contribution in [0.25, 0.3) is 0 Å². The van der Waals surface area contributed by atoms with Crippen LogP contribution in [0.3, 0.4) is 0 Å². The number of hydrogen-bond donors (Lipinski definition) is 1. The predicted molar refractivity (Wildman–Crippen MR) is 81.9 cm³/mol. The first kappa shape index (κ1) is 17.0. The summed E-state index contributed by atoms with van der Waals surface area (Å²) in [4.78, 5) is 11.4. The SMILES string of the molecule is COc1cc(S(=O)(=O)N2CCOCC2)ccc1NC(=O)CCl. The highest BCUT2D eigenvalue weighted by atomic mass is 35.5. The van der Waals surface area contributed by atoms with Crippen LogP contribution < -0.4 is 10.1 Å². The zero-order valence-electron chi connectivity index (χ0n) is 12.0. The second-order valence-electron chi connectivity index (χ2n) is 4.56. The van der Waals surface area contributed by atoms with Gasteiger partial charge in [-0.05, 0) is 12.1 Å². The molecule has 0 atom stereocenters. The number of alkyl halides is 1. The molecule has 7 nitrogen and oxygen atoms in total. The van der Waals surface area contributed by atoms with Crippen molar-refractivity contribution >= 4 is 33.2 Å². The Morgan fingerprint density at radius 2 is 2.09 bits per heavy atom. The molecule has 1 aliphatic heterocycles. The molecule has 0 radical (unpaired) electrons. The smallest absolute Gasteiger partial charge is 0.243 e. The third-order valence-electron chi connectivity index (χ3n) is 3.18. The van der Waals surface area contributed by atoms with Gasteiger partial charge in [-0.25, -0.2) is 8.42 Å². The predicted octanol–water partition coefficient (Wildman–Crippen LogP) is 0.893. The van der Waals surface area contributed by atoms with Crippen molar-refractivity contribution in [1.29, 1.82) is 0 Å². The van der Waals surface area contributed by atoms with Crippen LogP contribution in [0.2, 0.25) is 0 Å². The highest BCUT2D eigenvalue weighted by Crippen LogP contribution is 2.29. The van der Waals surface area contributed by atoms with E-state index in [0.717, 1.165) is 0 Å². The Morgan fingerprint density at radius 3 is 2.68 bits per heavy atom. The van der Waals surface area contributed by atoms with Crippen LogP contribution in [0.1, 0.15) is 0 Å². The normalized spacial score (nSPS) is 16.3. The summed E-state index contributed by atoms with van der Waals surface area (Å²) in [5, 5.41) is 2.55. The van der Waals surface area contributed by atoms with Crippen molar-refractivity contribution in [3.8, 4) is 5.75 Å². The summed E-state index contributed by atoms with van der Waals surface area (Å²) < 4.78 is 36.8. The van der Waals surface area contributed by atoms with E-state index in [4.69, 9.17) is 21.1 Å². The van der Waals surface area contributed by atoms with Gasteiger partial charge in [-0.3, -0.25) is 4.79 Å². The zero-order chi connectivity index (χ0) is 16.2. The van der Waals surface area contributed by atoms with Gasteiger partial charge in [-0.15, -0.1) is 11.6 Å². The number of nitrogens with one attached hydrogen (secondary N) is 1. The van der Waals surface area contributed by atoms with Crippen LogP contribution in [-0.2, 0) is 19.6 Å². The maximum Gasteiger partial charge on any atom is 0.243 e. The minimum absolute atomic E-state index is 0.107. The van der Waals surface area contributed by atoms with E-state index >= 15 is 0 Å². The first-order valence-corrected chi connectivity index (χ1v) is 8.58. The number of methoxy groups -OCH3 is 1. The number of ether oxygens (including phenoxy) is 2. The minimum atomic E-state index is -3.61. The Bertz CT molecular complexity index is 644. The van der Waals surface area contributed by atoms with Gasteiger partial charge in [0.25, 0.3) is 0 Å². The summed E-state index contributed by atoms with van der Waals surface area (Å²) in [5.74, 6) is -0.340. The van der Waals surface area contributed by atoms with Crippen LogP contribution in [-0.4, -0.2) is 57.9 Å². The fourth-order valence-electron chi connectivity index (χ4n) is 2.05. The Balaban J connectivity index is 2.30. The van der Waals surface area contributed by atoms with Crippen molar-refractivity contribution in [2.24, 2.45) is 0 Å². The number of rotatable bonds is 5. The summed E-state index contributed by atoms with van der Waals surface area (Å²) in [6, 6.07) is 4.29. The van der Waals surface area contributed by atoms with E-state index in [1.807, 2.05) is 0 Å². The summed E-state index contributed by atoms with van der Waals surface area (Å²) in [7, 11) is -2.21. The van der Waals surface area contributed by atoms with E-state index in [1.54, 1.807) is 0 Å². The van der Waals surface area contributed by atoms with Gasteiger partial charge in [0.15, 0.2) is 0 Å². The van der Waals surface area contributed by atoms with E-state index in [9.17, 15) is 13.2 Å². The van der Waals surface area contributed by atoms with Crippen molar-refractivity contribution in [2.45, 2.75) is 4.90 Å². The van der Waals surface area contributed by atoms with Gasteiger partial charge >= 0.3 is 0 Å². The number of morpholine rings is 1. The van der Waals surface area contributed by atoms with Gasteiger partial charge in [-0.1, -0.05) is 0 Å². The lowest BCUT2D eigenvalue weighted by molar-refractivity contribution is -0.113. The average Bonchev–Trinajstić information content (AvgIpc) is 2.55. The number of amides is 1. The largest absolute Gasteiger partial charge is 0.495 e. The molecular weight excluding hydrogens is 332 g/mol. The zero-order valence-corrected chi connectivity index (χ0v) is 13.6. The maximum absolute atomic E-state index is 12.6. The van der Waals surface area contributed by atoms with E-state index in [2.05, 4.69) is 5.32 Å². The topological polar surface area (TPSA) is 84.9 Å². The first-order valence-electron chi connectivity index (χ1n) is 6.61. The van der Waals surface area contributed by atoms with Crippen LogP contribution in [0.4, 0.5) is 5.69 Å². The van der Waals surface area contributed by atoms with Crippen molar-refractivity contribution in [3.05, 3.63) is 18.2 Å². The number of sulfonamides is 1. The number of carbonyl (C=O) groups excluding carboxylic acids is 1. The van der Waals surface area contributed by atoms with E-state index < -0.39 is 15.9 Å². The molecule has 0 aromatic heterocycles. The Hall–Kier alpha value is -1.35. The molecule has 0 spiro atoms. The van der Waals surface area contributed by atoms with Crippen LogP contribution >= 0.6 is 11.6 Å². The fourth-order valence-corrected chi connectivity index (χ4v) is 3.55. The molecule has 1 heterocycles. The minimum Gasteiger partial charge on any atom is -0.495 e. The number of halogens is 1. The average molecular weight is 349 g/mol. The Kier molecular flexibility index (Phi) is 5.63. The summed E-state index contributed by atoms with van der Waals surface area (Å²) in [6.07, 6.45) is 0. The van der Waals surface area contributed by atoms with Crippen molar-refractivity contribution in [3.63, 3.8) is 0 Å². The molecule has 1 saturated heterocycles. The molecule has 1 N–H and O–H groups in total. The number of benzene rings is 1. The molecule has 1 aromatic carbocycles. The highest BCUT2D eigenvalue weighted by molar-refractivity contribution is 7.89. The molecule has 1 fully saturated rings. The highest BCUT2D eigenvalue weighted by Gasteiger charge is 2.27. The van der Waals surface area contributed by atoms with Gasteiger partial charge in [0.05, 0.1) is 30.9 Å². The molecule has 1 amide bonds. The third-order valence-corrected chi connectivity index (χ3v) is 5.31. The lowest BCUT2D eigenvalue weighted by Gasteiger charge is -2.26. The van der Waals surface area contributed by atoms with E-state index in [-0.39, 0.29) is 16.5 Å². The molecule has 0 bridgehead atoms. The Morgan fingerprint density at radius 1 is 1.41 bits per heavy atom. The lowest BCUT2D eigenvalue weighted by atomic mass is 10.3. The lowest BCUT2D eigenvalue weighted by Crippen LogP contribution is -2.40. The molecule has 2 rings (SSSR count). The van der Waals surface area contributed by atoms with Crippen LogP contribution in [0.5, 0.6) is 5.75 Å². The molecule has 1 aliphatic rings. The molecule has 0 saturated carbocycles. The summed E-state index contributed by atoms with van der Waals surface area (Å²) in [6.45, 7) is 1.38. The van der Waals surface area contributed by atoms with Gasteiger partial charge in [-0.2, -0.15) is 4.31 Å². The molecule has 9 heteroatoms. The standard InChI is InChI=1S/C13H17ClN2O5S/c1-20-12-8-10(2-3-11(12)15-13(17)9-14)22(18,19)16-4-6-21-7-5-16/h2-3,8H,4-7,9H2,1H3,(H,15,17). The molecule has 122 valence electrons. The second kappa shape index (κ2) is 7.28. The molecule has 22 heavy (non-hydrogen) atoms.